The number of carbonyl (C=O) groups is 1. The maximum absolute atomic E-state index is 8.55. The third-order valence-electron chi connectivity index (χ3n) is 1.20. The number of hydrogen-bond acceptors (Lipinski definition) is 6. The first-order valence-electron chi connectivity index (χ1n) is 3.00. The molecular formula is C5H13O6P. The zero-order valence-electron chi connectivity index (χ0n) is 6.46. The predicted molar refractivity (Wildman–Crippen MR) is 41.3 cm³/mol. The second-order valence-corrected chi connectivity index (χ2v) is 5.82. The Balaban J connectivity index is 0. The summed E-state index contributed by atoms with van der Waals surface area (Å²) < 4.78 is 0. The van der Waals surface area contributed by atoms with Gasteiger partial charge < -0.3 is 30.3 Å². The molecule has 0 radical (unpaired) electrons. The number of carboxylic acid groups (broad SMARTS) is 1. The number of rotatable bonds is 4. The number of aliphatic hydroxyl groups excluding tert-OH is 4. The van der Waals surface area contributed by atoms with Gasteiger partial charge in [0.25, 0.3) is 0 Å². The standard InChI is InChI=1S/C4H12O4P.CH2O2/c5-1-9(2-6,3-7)4-8;2-1-3/h5-8H,1-4H2;1H,(H,2,3)/q+1;/p-1. The summed E-state index contributed by atoms with van der Waals surface area (Å²) in [6, 6.07) is 0. The van der Waals surface area contributed by atoms with Gasteiger partial charge in [-0.15, -0.1) is 0 Å². The summed E-state index contributed by atoms with van der Waals surface area (Å²) in [6.45, 7) is -0.500. The molecule has 0 unspecified atom stereocenters. The molecule has 0 aromatic rings. The van der Waals surface area contributed by atoms with Crippen molar-refractivity contribution in [2.75, 3.05) is 25.4 Å². The Kier molecular flexibility index (Phi) is 10.5. The zero-order chi connectivity index (χ0) is 10.0. The summed E-state index contributed by atoms with van der Waals surface area (Å²) in [7, 11) is -2.20. The van der Waals surface area contributed by atoms with E-state index in [9.17, 15) is 0 Å². The topological polar surface area (TPSA) is 121 Å². The molecule has 4 N–H and O–H groups in total. The molecule has 0 aromatic carbocycles. The van der Waals surface area contributed by atoms with Gasteiger partial charge in [0.05, 0.1) is 0 Å². The van der Waals surface area contributed by atoms with Crippen LogP contribution in [0.5, 0.6) is 0 Å². The Labute approximate surface area is 70.4 Å². The molecule has 0 amide bonds. The van der Waals surface area contributed by atoms with E-state index in [1.165, 1.54) is 0 Å². The van der Waals surface area contributed by atoms with Gasteiger partial charge in [0.2, 0.25) is 0 Å². The monoisotopic (exact) mass is 200 g/mol. The van der Waals surface area contributed by atoms with E-state index in [0.717, 1.165) is 0 Å². The van der Waals surface area contributed by atoms with Crippen molar-refractivity contribution < 1.29 is 30.3 Å². The Morgan fingerprint density at radius 1 is 1.00 bits per heavy atom. The third-order valence-corrected chi connectivity index (χ3v) is 3.60. The van der Waals surface area contributed by atoms with Crippen LogP contribution in [0.15, 0.2) is 0 Å². The molecule has 0 spiro atoms. The van der Waals surface area contributed by atoms with Crippen LogP contribution in [0.4, 0.5) is 0 Å². The van der Waals surface area contributed by atoms with Crippen molar-refractivity contribution in [2.24, 2.45) is 0 Å². The highest BCUT2D eigenvalue weighted by Crippen LogP contribution is 2.54. The first-order valence-corrected chi connectivity index (χ1v) is 5.53. The van der Waals surface area contributed by atoms with Crippen LogP contribution >= 0.6 is 7.26 Å². The van der Waals surface area contributed by atoms with E-state index in [2.05, 4.69) is 0 Å². The average Bonchev–Trinajstić information content (AvgIpc) is 2.11. The molecule has 0 aromatic heterocycles. The summed E-state index contributed by atoms with van der Waals surface area (Å²) in [5.74, 6) is 0. The molecule has 7 heteroatoms. The maximum atomic E-state index is 8.55. The molecule has 0 atom stereocenters. The molecule has 0 aliphatic heterocycles. The Morgan fingerprint density at radius 3 is 1.17 bits per heavy atom. The van der Waals surface area contributed by atoms with Gasteiger partial charge in [0.15, 0.2) is 25.4 Å². The normalized spacial score (nSPS) is 10.0. The summed E-state index contributed by atoms with van der Waals surface area (Å²) in [5.41, 5.74) is 0. The largest absolute Gasteiger partial charge is 0.554 e. The van der Waals surface area contributed by atoms with Crippen molar-refractivity contribution in [3.8, 4) is 0 Å². The highest BCUT2D eigenvalue weighted by atomic mass is 31.2. The number of aliphatic hydroxyl groups is 4. The van der Waals surface area contributed by atoms with Crippen molar-refractivity contribution >= 4 is 13.7 Å². The SMILES string of the molecule is O=C[O-].OC[P+](CO)(CO)CO. The minimum Gasteiger partial charge on any atom is -0.554 e. The van der Waals surface area contributed by atoms with Crippen LogP contribution in [-0.2, 0) is 4.79 Å². The first kappa shape index (κ1) is 14.3. The van der Waals surface area contributed by atoms with Crippen molar-refractivity contribution in [3.63, 3.8) is 0 Å². The van der Waals surface area contributed by atoms with Gasteiger partial charge in [0, 0.05) is 6.47 Å². The molecule has 6 nitrogen and oxygen atoms in total. The summed E-state index contributed by atoms with van der Waals surface area (Å²) in [4.78, 5) is 8.25. The highest BCUT2D eigenvalue weighted by Gasteiger charge is 2.34. The molecule has 0 rings (SSSR count). The Hall–Kier alpha value is -0.260. The lowest BCUT2D eigenvalue weighted by Crippen LogP contribution is -2.10. The van der Waals surface area contributed by atoms with Crippen molar-refractivity contribution in [1.82, 2.24) is 0 Å². The third kappa shape index (κ3) is 5.40. The molecule has 0 bridgehead atoms. The van der Waals surface area contributed by atoms with Gasteiger partial charge in [-0.05, 0) is 0 Å². The van der Waals surface area contributed by atoms with Crippen LogP contribution in [-0.4, -0.2) is 52.3 Å². The van der Waals surface area contributed by atoms with Gasteiger partial charge in [-0.3, -0.25) is 0 Å². The van der Waals surface area contributed by atoms with E-state index in [-0.39, 0.29) is 25.4 Å². The minimum absolute atomic E-state index is 0.295. The van der Waals surface area contributed by atoms with Crippen LogP contribution in [0.1, 0.15) is 0 Å². The quantitative estimate of drug-likeness (QED) is 0.286. The molecule has 0 aliphatic carbocycles. The fourth-order valence-electron chi connectivity index (χ4n) is 0.268. The lowest BCUT2D eigenvalue weighted by Gasteiger charge is -2.15. The fraction of sp³-hybridized carbons (Fsp3) is 0.800. The Bertz CT molecular complexity index is 86.6. The van der Waals surface area contributed by atoms with E-state index in [4.69, 9.17) is 30.3 Å². The van der Waals surface area contributed by atoms with Crippen molar-refractivity contribution in [1.29, 1.82) is 0 Å². The predicted octanol–water partition coefficient (Wildman–Crippen LogP) is -2.83. The van der Waals surface area contributed by atoms with Crippen LogP contribution in [0.25, 0.3) is 0 Å². The van der Waals surface area contributed by atoms with Crippen LogP contribution in [0.2, 0.25) is 0 Å². The fourth-order valence-corrected chi connectivity index (χ4v) is 0.805. The van der Waals surface area contributed by atoms with E-state index in [1.807, 2.05) is 0 Å². The van der Waals surface area contributed by atoms with Gasteiger partial charge in [-0.2, -0.15) is 0 Å². The molecule has 74 valence electrons. The summed E-state index contributed by atoms with van der Waals surface area (Å²) >= 11 is 0. The van der Waals surface area contributed by atoms with Crippen molar-refractivity contribution in [3.05, 3.63) is 0 Å². The van der Waals surface area contributed by atoms with Crippen molar-refractivity contribution in [2.45, 2.75) is 0 Å². The van der Waals surface area contributed by atoms with Gasteiger partial charge in [-0.1, -0.05) is 0 Å². The zero-order valence-corrected chi connectivity index (χ0v) is 7.35. The van der Waals surface area contributed by atoms with E-state index in [0.29, 0.717) is 0 Å². The van der Waals surface area contributed by atoms with Crippen LogP contribution in [0, 0.1) is 0 Å². The lowest BCUT2D eigenvalue weighted by atomic mass is 11.6. The van der Waals surface area contributed by atoms with Gasteiger partial charge >= 0.3 is 0 Å². The first-order chi connectivity index (χ1) is 5.66. The smallest absolute Gasteiger partial charge is 0.161 e. The highest BCUT2D eigenvalue weighted by molar-refractivity contribution is 7.75. The van der Waals surface area contributed by atoms with E-state index < -0.39 is 13.7 Å². The molecule has 0 saturated carbocycles. The second kappa shape index (κ2) is 8.83. The minimum atomic E-state index is -2.20. The number of carbonyl (C=O) groups excluding carboxylic acids is 1. The van der Waals surface area contributed by atoms with Gasteiger partial charge in [0.1, 0.15) is 7.26 Å². The van der Waals surface area contributed by atoms with E-state index >= 15 is 0 Å². The second-order valence-electron chi connectivity index (χ2n) is 2.00. The lowest BCUT2D eigenvalue weighted by molar-refractivity contribution is -0.283. The molecule has 0 fully saturated rings. The van der Waals surface area contributed by atoms with Gasteiger partial charge in [-0.25, -0.2) is 0 Å². The molecule has 12 heavy (non-hydrogen) atoms. The molecular weight excluding hydrogens is 187 g/mol. The van der Waals surface area contributed by atoms with E-state index in [1.54, 1.807) is 0 Å². The molecule has 0 saturated heterocycles. The Morgan fingerprint density at radius 2 is 1.17 bits per heavy atom. The molecule has 0 heterocycles. The summed E-state index contributed by atoms with van der Waals surface area (Å²) in [6.07, 6.45) is -1.18. The van der Waals surface area contributed by atoms with Crippen LogP contribution < -0.4 is 5.11 Å². The average molecular weight is 200 g/mol. The van der Waals surface area contributed by atoms with Crippen LogP contribution in [0.3, 0.4) is 0 Å². The molecule has 0 aliphatic rings. The summed E-state index contributed by atoms with van der Waals surface area (Å²) in [5, 5.41) is 42.4. The maximum Gasteiger partial charge on any atom is 0.161 e. The number of hydrogen-bond donors (Lipinski definition) is 4.